The lowest BCUT2D eigenvalue weighted by Gasteiger charge is -2.26. The molecule has 0 aliphatic carbocycles. The summed E-state index contributed by atoms with van der Waals surface area (Å²) < 4.78 is 12.3. The number of carbonyl (C=O) groups excluding carboxylic acids is 1. The maximum Gasteiger partial charge on any atom is 0.250 e. The van der Waals surface area contributed by atoms with Crippen molar-refractivity contribution in [3.8, 4) is 11.3 Å². The SMILES string of the molecule is COCC(=O)Nc1ccc(N2C(=S)N[C@@H](c3ccccn3)[C@@H]2c2ccc(-c3ccc(Br)cc3)o2)cc1Cl. The van der Waals surface area contributed by atoms with Crippen LogP contribution in [0.5, 0.6) is 0 Å². The van der Waals surface area contributed by atoms with Gasteiger partial charge in [-0.3, -0.25) is 9.78 Å². The van der Waals surface area contributed by atoms with Crippen molar-refractivity contribution in [3.63, 3.8) is 0 Å². The second-order valence-electron chi connectivity index (χ2n) is 8.35. The smallest absolute Gasteiger partial charge is 0.250 e. The molecule has 0 unspecified atom stereocenters. The van der Waals surface area contributed by atoms with Crippen LogP contribution in [0.4, 0.5) is 11.4 Å². The zero-order valence-electron chi connectivity index (χ0n) is 19.7. The molecule has 0 radical (unpaired) electrons. The molecule has 1 aliphatic heterocycles. The summed E-state index contributed by atoms with van der Waals surface area (Å²) in [7, 11) is 1.46. The molecular weight excluding hydrogens is 576 g/mol. The van der Waals surface area contributed by atoms with Gasteiger partial charge in [0.05, 0.1) is 22.4 Å². The van der Waals surface area contributed by atoms with E-state index in [4.69, 9.17) is 33.0 Å². The molecule has 7 nitrogen and oxygen atoms in total. The summed E-state index contributed by atoms with van der Waals surface area (Å²) in [6.07, 6.45) is 1.75. The first-order valence-corrected chi connectivity index (χ1v) is 13.0. The Bertz CT molecular complexity index is 1430. The predicted octanol–water partition coefficient (Wildman–Crippen LogP) is 6.52. The number of hydrogen-bond donors (Lipinski definition) is 2. The van der Waals surface area contributed by atoms with Crippen LogP contribution < -0.4 is 15.5 Å². The Balaban J connectivity index is 1.53. The van der Waals surface area contributed by atoms with Crippen LogP contribution in [0.3, 0.4) is 0 Å². The maximum absolute atomic E-state index is 12.0. The minimum atomic E-state index is -0.336. The molecule has 1 aliphatic rings. The van der Waals surface area contributed by atoms with E-state index in [0.29, 0.717) is 15.8 Å². The van der Waals surface area contributed by atoms with Crippen LogP contribution in [0, 0.1) is 0 Å². The fourth-order valence-electron chi connectivity index (χ4n) is 4.28. The summed E-state index contributed by atoms with van der Waals surface area (Å²) in [6, 6.07) is 22.4. The number of aromatic nitrogens is 1. The first kappa shape index (κ1) is 25.4. The quantitative estimate of drug-likeness (QED) is 0.235. The van der Waals surface area contributed by atoms with E-state index in [1.807, 2.05) is 65.6 Å². The molecule has 188 valence electrons. The highest BCUT2D eigenvalue weighted by Gasteiger charge is 2.42. The van der Waals surface area contributed by atoms with Gasteiger partial charge in [0.15, 0.2) is 5.11 Å². The average molecular weight is 598 g/mol. The second kappa shape index (κ2) is 11.0. The maximum atomic E-state index is 12.0. The topological polar surface area (TPSA) is 79.6 Å². The Kier molecular flexibility index (Phi) is 7.57. The third kappa shape index (κ3) is 5.40. The number of anilines is 2. The van der Waals surface area contributed by atoms with E-state index >= 15 is 0 Å². The van der Waals surface area contributed by atoms with Crippen LogP contribution in [0.25, 0.3) is 11.3 Å². The zero-order valence-corrected chi connectivity index (χ0v) is 22.8. The van der Waals surface area contributed by atoms with Crippen molar-refractivity contribution < 1.29 is 13.9 Å². The van der Waals surface area contributed by atoms with Gasteiger partial charge in [-0.2, -0.15) is 0 Å². The van der Waals surface area contributed by atoms with Gasteiger partial charge in [0.2, 0.25) is 5.91 Å². The fourth-order valence-corrected chi connectivity index (χ4v) is 5.11. The first-order chi connectivity index (χ1) is 17.9. The molecule has 4 aromatic rings. The highest BCUT2D eigenvalue weighted by molar-refractivity contribution is 9.10. The van der Waals surface area contributed by atoms with E-state index in [1.165, 1.54) is 7.11 Å². The Hall–Kier alpha value is -3.24. The van der Waals surface area contributed by atoms with Crippen molar-refractivity contribution in [1.29, 1.82) is 0 Å². The van der Waals surface area contributed by atoms with Crippen molar-refractivity contribution in [2.24, 2.45) is 0 Å². The van der Waals surface area contributed by atoms with Crippen molar-refractivity contribution in [1.82, 2.24) is 10.3 Å². The number of carbonyl (C=O) groups is 1. The van der Waals surface area contributed by atoms with Crippen LogP contribution >= 0.6 is 39.7 Å². The van der Waals surface area contributed by atoms with Crippen LogP contribution in [0.2, 0.25) is 5.02 Å². The first-order valence-electron chi connectivity index (χ1n) is 11.4. The number of furan rings is 1. The molecule has 0 saturated carbocycles. The number of methoxy groups -OCH3 is 1. The molecule has 0 bridgehead atoms. The Labute approximate surface area is 232 Å². The zero-order chi connectivity index (χ0) is 25.9. The molecule has 3 heterocycles. The molecule has 2 aromatic carbocycles. The van der Waals surface area contributed by atoms with Gasteiger partial charge in [0.1, 0.15) is 24.2 Å². The standard InChI is InChI=1S/C27H22BrClN4O3S/c1-35-15-24(34)31-20-10-9-18(14-19(20)29)33-26(25(32-27(33)37)21-4-2-3-13-30-21)23-12-11-22(36-23)16-5-7-17(28)8-6-16/h2-14,25-26H,15H2,1H3,(H,31,34)(H,32,37)/t25-,26-/m0/s1. The summed E-state index contributed by atoms with van der Waals surface area (Å²) in [5, 5.41) is 7.04. The van der Waals surface area contributed by atoms with Gasteiger partial charge in [-0.15, -0.1) is 0 Å². The molecule has 10 heteroatoms. The molecular formula is C27H22BrClN4O3S. The number of hydrogen-bond acceptors (Lipinski definition) is 5. The number of pyridine rings is 1. The minimum absolute atomic E-state index is 0.0643. The predicted molar refractivity (Wildman–Crippen MR) is 152 cm³/mol. The molecule has 1 amide bonds. The van der Waals surface area contributed by atoms with Crippen molar-refractivity contribution in [2.75, 3.05) is 23.9 Å². The lowest BCUT2D eigenvalue weighted by Crippen LogP contribution is -2.29. The molecule has 2 atom stereocenters. The Morgan fingerprint density at radius 2 is 2.00 bits per heavy atom. The van der Waals surface area contributed by atoms with Gasteiger partial charge < -0.3 is 24.7 Å². The third-order valence-electron chi connectivity index (χ3n) is 5.93. The Morgan fingerprint density at radius 1 is 1.19 bits per heavy atom. The van der Waals surface area contributed by atoms with E-state index in [9.17, 15) is 4.79 Å². The number of amides is 1. The second-order valence-corrected chi connectivity index (χ2v) is 10.1. The number of rotatable bonds is 7. The number of benzene rings is 2. The van der Waals surface area contributed by atoms with Crippen molar-refractivity contribution in [3.05, 3.63) is 99.9 Å². The molecule has 1 fully saturated rings. The lowest BCUT2D eigenvalue weighted by atomic mass is 10.0. The molecule has 5 rings (SSSR count). The van der Waals surface area contributed by atoms with E-state index < -0.39 is 0 Å². The molecule has 0 spiro atoms. The van der Waals surface area contributed by atoms with Crippen LogP contribution in [0.1, 0.15) is 23.5 Å². The van der Waals surface area contributed by atoms with Gasteiger partial charge in [-0.1, -0.05) is 45.7 Å². The van der Waals surface area contributed by atoms with Crippen molar-refractivity contribution in [2.45, 2.75) is 12.1 Å². The van der Waals surface area contributed by atoms with E-state index in [2.05, 4.69) is 31.5 Å². The highest BCUT2D eigenvalue weighted by Crippen LogP contribution is 2.44. The van der Waals surface area contributed by atoms with Gasteiger partial charge in [-0.25, -0.2) is 0 Å². The number of nitrogens with one attached hydrogen (secondary N) is 2. The number of ether oxygens (including phenoxy) is 1. The molecule has 37 heavy (non-hydrogen) atoms. The van der Waals surface area contributed by atoms with Gasteiger partial charge in [0, 0.05) is 29.0 Å². The Morgan fingerprint density at radius 3 is 2.70 bits per heavy atom. The van der Waals surface area contributed by atoms with Crippen LogP contribution in [-0.2, 0) is 9.53 Å². The van der Waals surface area contributed by atoms with E-state index in [1.54, 1.807) is 18.3 Å². The number of thiocarbonyl (C=S) groups is 1. The summed E-state index contributed by atoms with van der Waals surface area (Å²) in [4.78, 5) is 18.5. The monoisotopic (exact) mass is 596 g/mol. The minimum Gasteiger partial charge on any atom is -0.459 e. The molecule has 1 saturated heterocycles. The summed E-state index contributed by atoms with van der Waals surface area (Å²) >= 11 is 15.8. The largest absolute Gasteiger partial charge is 0.459 e. The van der Waals surface area contributed by atoms with Gasteiger partial charge in [-0.05, 0) is 66.8 Å². The molecule has 2 aromatic heterocycles. The number of halogens is 2. The summed E-state index contributed by atoms with van der Waals surface area (Å²) in [6.45, 7) is -0.0643. The summed E-state index contributed by atoms with van der Waals surface area (Å²) in [5.74, 6) is 1.17. The lowest BCUT2D eigenvalue weighted by molar-refractivity contribution is -0.119. The average Bonchev–Trinajstić information content (AvgIpc) is 3.51. The summed E-state index contributed by atoms with van der Waals surface area (Å²) in [5.41, 5.74) is 3.02. The highest BCUT2D eigenvalue weighted by atomic mass is 79.9. The van der Waals surface area contributed by atoms with E-state index in [-0.39, 0.29) is 24.6 Å². The fraction of sp³-hybridized carbons (Fsp3) is 0.148. The van der Waals surface area contributed by atoms with Gasteiger partial charge >= 0.3 is 0 Å². The van der Waals surface area contributed by atoms with Crippen molar-refractivity contribution >= 4 is 62.1 Å². The molecule has 2 N–H and O–H groups in total. The normalized spacial score (nSPS) is 17.1. The van der Waals surface area contributed by atoms with E-state index in [0.717, 1.165) is 32.9 Å². The van der Waals surface area contributed by atoms with Gasteiger partial charge in [0.25, 0.3) is 0 Å². The van der Waals surface area contributed by atoms with Crippen LogP contribution in [-0.4, -0.2) is 29.7 Å². The number of nitrogens with zero attached hydrogens (tertiary/aromatic N) is 2. The third-order valence-corrected chi connectivity index (χ3v) is 7.08. The van der Waals surface area contributed by atoms with Crippen LogP contribution in [0.15, 0.2) is 87.9 Å².